The summed E-state index contributed by atoms with van der Waals surface area (Å²) in [6.07, 6.45) is 0.0794. The van der Waals surface area contributed by atoms with Crippen LogP contribution in [-0.4, -0.2) is 32.8 Å². The fourth-order valence-electron chi connectivity index (χ4n) is 3.57. The van der Waals surface area contributed by atoms with E-state index in [4.69, 9.17) is 14.8 Å². The Morgan fingerprint density at radius 3 is 1.81 bits per heavy atom. The van der Waals surface area contributed by atoms with E-state index < -0.39 is 17.8 Å². The second-order valence-corrected chi connectivity index (χ2v) is 7.32. The van der Waals surface area contributed by atoms with Crippen LogP contribution in [0.15, 0.2) is 78.9 Å². The molecular formula is C25H17N3O4. The van der Waals surface area contributed by atoms with Gasteiger partial charge in [0.1, 0.15) is 0 Å². The minimum Gasteiger partial charge on any atom is -0.325 e. The van der Waals surface area contributed by atoms with Gasteiger partial charge in [0.2, 0.25) is 0 Å². The smallest absolute Gasteiger partial charge is 0.325 e. The third kappa shape index (κ3) is 3.60. The normalized spacial score (nSPS) is 13.6. The summed E-state index contributed by atoms with van der Waals surface area (Å²) in [4.78, 5) is 50.7. The van der Waals surface area contributed by atoms with Gasteiger partial charge in [-0.2, -0.15) is 0 Å². The molecule has 7 nitrogen and oxygen atoms in total. The zero-order chi connectivity index (χ0) is 22.1. The van der Waals surface area contributed by atoms with Crippen molar-refractivity contribution in [2.75, 3.05) is 0 Å². The molecule has 0 unspecified atom stereocenters. The van der Waals surface area contributed by atoms with E-state index >= 15 is 0 Å². The summed E-state index contributed by atoms with van der Waals surface area (Å²) < 4.78 is 0. The summed E-state index contributed by atoms with van der Waals surface area (Å²) in [7, 11) is 0. The van der Waals surface area contributed by atoms with Crippen LogP contribution < -0.4 is 0 Å². The molecule has 7 heteroatoms. The van der Waals surface area contributed by atoms with Crippen LogP contribution in [0.4, 0.5) is 0 Å². The molecule has 156 valence electrons. The minimum absolute atomic E-state index is 0.0397. The highest BCUT2D eigenvalue weighted by Gasteiger charge is 2.33. The van der Waals surface area contributed by atoms with Crippen LogP contribution in [0.1, 0.15) is 23.2 Å². The van der Waals surface area contributed by atoms with Crippen LogP contribution in [0.3, 0.4) is 0 Å². The zero-order valence-electron chi connectivity index (χ0n) is 16.9. The molecule has 4 aromatic rings. The molecule has 0 N–H and O–H groups in total. The van der Waals surface area contributed by atoms with Gasteiger partial charge in [-0.15, -0.1) is 5.06 Å². The average Bonchev–Trinajstić information content (AvgIpc) is 3.16. The molecule has 0 spiro atoms. The van der Waals surface area contributed by atoms with Gasteiger partial charge in [-0.3, -0.25) is 9.59 Å². The number of imide groups is 1. The molecule has 0 bridgehead atoms. The van der Waals surface area contributed by atoms with Gasteiger partial charge in [-0.1, -0.05) is 60.7 Å². The van der Waals surface area contributed by atoms with Crippen molar-refractivity contribution in [2.24, 2.45) is 0 Å². The summed E-state index contributed by atoms with van der Waals surface area (Å²) >= 11 is 0. The number of aromatic nitrogens is 2. The van der Waals surface area contributed by atoms with E-state index in [1.807, 2.05) is 60.7 Å². The van der Waals surface area contributed by atoms with E-state index in [1.54, 1.807) is 18.2 Å². The maximum atomic E-state index is 12.6. The number of hydrogen-bond donors (Lipinski definition) is 0. The molecule has 1 aliphatic rings. The van der Waals surface area contributed by atoms with Crippen molar-refractivity contribution in [1.82, 2.24) is 15.0 Å². The molecule has 32 heavy (non-hydrogen) atoms. The molecule has 2 amide bonds. The minimum atomic E-state index is -0.800. The summed E-state index contributed by atoms with van der Waals surface area (Å²) in [6, 6.07) is 24.2. The second kappa shape index (κ2) is 8.03. The Labute approximate surface area is 183 Å². The SMILES string of the molecule is O=C(ON1C(=O)CCC1=O)c1ccc2nc(-c3ccccc3)c(-c3ccccc3)nc2c1. The molecule has 1 fully saturated rings. The lowest BCUT2D eigenvalue weighted by Crippen LogP contribution is -2.32. The fraction of sp³-hybridized carbons (Fsp3) is 0.0800. The van der Waals surface area contributed by atoms with E-state index in [1.165, 1.54) is 0 Å². The average molecular weight is 423 g/mol. The second-order valence-electron chi connectivity index (χ2n) is 7.32. The van der Waals surface area contributed by atoms with Crippen LogP contribution in [0, 0.1) is 0 Å². The van der Waals surface area contributed by atoms with Crippen LogP contribution in [0.2, 0.25) is 0 Å². The lowest BCUT2D eigenvalue weighted by atomic mass is 10.0. The first-order valence-corrected chi connectivity index (χ1v) is 10.1. The fourth-order valence-corrected chi connectivity index (χ4v) is 3.57. The number of benzene rings is 3. The molecule has 0 saturated carbocycles. The number of amides is 2. The number of fused-ring (bicyclic) bond motifs is 1. The van der Waals surface area contributed by atoms with Crippen molar-refractivity contribution in [2.45, 2.75) is 12.8 Å². The van der Waals surface area contributed by atoms with Crippen molar-refractivity contribution in [3.05, 3.63) is 84.4 Å². The Balaban J connectivity index is 1.58. The molecular weight excluding hydrogens is 406 g/mol. The quantitative estimate of drug-likeness (QED) is 0.458. The predicted octanol–water partition coefficient (Wildman–Crippen LogP) is 4.18. The van der Waals surface area contributed by atoms with Crippen LogP contribution >= 0.6 is 0 Å². The van der Waals surface area contributed by atoms with Gasteiger partial charge in [0.15, 0.2) is 0 Å². The lowest BCUT2D eigenvalue weighted by Gasteiger charge is -2.13. The topological polar surface area (TPSA) is 89.5 Å². The van der Waals surface area contributed by atoms with E-state index in [0.717, 1.165) is 16.8 Å². The van der Waals surface area contributed by atoms with E-state index in [-0.39, 0.29) is 18.4 Å². The monoisotopic (exact) mass is 423 g/mol. The van der Waals surface area contributed by atoms with E-state index in [0.29, 0.717) is 21.8 Å². The third-order valence-electron chi connectivity index (χ3n) is 5.17. The van der Waals surface area contributed by atoms with Crippen molar-refractivity contribution in [3.8, 4) is 22.5 Å². The van der Waals surface area contributed by atoms with Crippen LogP contribution in [-0.2, 0) is 14.4 Å². The molecule has 1 saturated heterocycles. The van der Waals surface area contributed by atoms with Gasteiger partial charge in [-0.25, -0.2) is 14.8 Å². The molecule has 5 rings (SSSR count). The highest BCUT2D eigenvalue weighted by Crippen LogP contribution is 2.31. The lowest BCUT2D eigenvalue weighted by molar-refractivity contribution is -0.172. The first kappa shape index (κ1) is 19.6. The predicted molar refractivity (Wildman–Crippen MR) is 117 cm³/mol. The molecule has 0 atom stereocenters. The van der Waals surface area contributed by atoms with Crippen LogP contribution in [0.5, 0.6) is 0 Å². The number of carbonyl (C=O) groups excluding carboxylic acids is 3. The standard InChI is InChI=1S/C25H17N3O4/c29-21-13-14-22(30)28(21)32-25(31)18-11-12-19-20(15-18)27-24(17-9-5-2-6-10-17)23(26-19)16-7-3-1-4-8-16/h1-12,15H,13-14H2. The molecule has 0 radical (unpaired) electrons. The zero-order valence-corrected chi connectivity index (χ0v) is 16.9. The Hall–Kier alpha value is -4.39. The van der Waals surface area contributed by atoms with Crippen molar-refractivity contribution in [3.63, 3.8) is 0 Å². The third-order valence-corrected chi connectivity index (χ3v) is 5.17. The molecule has 3 aromatic carbocycles. The maximum Gasteiger partial charge on any atom is 0.363 e. The van der Waals surface area contributed by atoms with E-state index in [2.05, 4.69) is 0 Å². The number of nitrogens with zero attached hydrogens (tertiary/aromatic N) is 3. The highest BCUT2D eigenvalue weighted by atomic mass is 16.7. The molecule has 1 aliphatic heterocycles. The maximum absolute atomic E-state index is 12.6. The number of hydroxylamine groups is 2. The van der Waals surface area contributed by atoms with Crippen molar-refractivity contribution in [1.29, 1.82) is 0 Å². The first-order chi connectivity index (χ1) is 15.6. The number of carbonyl (C=O) groups is 3. The van der Waals surface area contributed by atoms with Crippen LogP contribution in [0.25, 0.3) is 33.5 Å². The molecule has 2 heterocycles. The van der Waals surface area contributed by atoms with Gasteiger partial charge < -0.3 is 4.84 Å². The Morgan fingerprint density at radius 1 is 0.719 bits per heavy atom. The number of rotatable bonds is 4. The van der Waals surface area contributed by atoms with Gasteiger partial charge in [0, 0.05) is 24.0 Å². The van der Waals surface area contributed by atoms with Gasteiger partial charge >= 0.3 is 5.97 Å². The Bertz CT molecular complexity index is 1340. The summed E-state index contributed by atoms with van der Waals surface area (Å²) in [5, 5.41) is 0.534. The Morgan fingerprint density at radius 2 is 1.25 bits per heavy atom. The number of hydrogen-bond acceptors (Lipinski definition) is 6. The largest absolute Gasteiger partial charge is 0.363 e. The van der Waals surface area contributed by atoms with Gasteiger partial charge in [0.05, 0.1) is 28.0 Å². The van der Waals surface area contributed by atoms with Crippen molar-refractivity contribution >= 4 is 28.8 Å². The van der Waals surface area contributed by atoms with E-state index in [9.17, 15) is 14.4 Å². The van der Waals surface area contributed by atoms with Gasteiger partial charge in [0.25, 0.3) is 11.8 Å². The summed E-state index contributed by atoms with van der Waals surface area (Å²) in [5.41, 5.74) is 4.50. The highest BCUT2D eigenvalue weighted by molar-refractivity contribution is 6.03. The van der Waals surface area contributed by atoms with Gasteiger partial charge in [-0.05, 0) is 18.2 Å². The molecule has 1 aromatic heterocycles. The molecule has 0 aliphatic carbocycles. The Kier molecular flexibility index (Phi) is 4.91. The first-order valence-electron chi connectivity index (χ1n) is 10.1. The summed E-state index contributed by atoms with van der Waals surface area (Å²) in [5.74, 6) is -1.85. The summed E-state index contributed by atoms with van der Waals surface area (Å²) in [6.45, 7) is 0. The van der Waals surface area contributed by atoms with Crippen molar-refractivity contribution < 1.29 is 19.2 Å².